The summed E-state index contributed by atoms with van der Waals surface area (Å²) in [7, 11) is 3.00. The molecule has 2 heterocycles. The molecule has 1 N–H and O–H groups in total. The number of rotatable bonds is 6. The van der Waals surface area contributed by atoms with Crippen LogP contribution in [0.4, 0.5) is 5.69 Å². The second kappa shape index (κ2) is 7.42. The first-order valence-corrected chi connectivity index (χ1v) is 8.29. The number of carbonyl (C=O) groups excluding carboxylic acids is 1. The predicted octanol–water partition coefficient (Wildman–Crippen LogP) is 1.71. The van der Waals surface area contributed by atoms with Gasteiger partial charge in [0.2, 0.25) is 5.91 Å². The Kier molecular flexibility index (Phi) is 5.54. The number of nitrogens with zero attached hydrogens (tertiary/aromatic N) is 3. The number of aromatic nitrogens is 3. The number of amides is 1. The summed E-state index contributed by atoms with van der Waals surface area (Å²) in [6.07, 6.45) is 5.30. The van der Waals surface area contributed by atoms with E-state index in [2.05, 4.69) is 10.3 Å². The van der Waals surface area contributed by atoms with E-state index in [0.717, 1.165) is 29.4 Å². The van der Waals surface area contributed by atoms with Crippen molar-refractivity contribution in [3.05, 3.63) is 32.6 Å². The van der Waals surface area contributed by atoms with E-state index in [4.69, 9.17) is 0 Å². The number of unbranched alkanes of at least 4 members (excludes halogenated alkanes) is 1. The molecule has 0 unspecified atom stereocenters. The van der Waals surface area contributed by atoms with Crippen molar-refractivity contribution in [3.8, 4) is 0 Å². The van der Waals surface area contributed by atoms with E-state index in [9.17, 15) is 14.4 Å². The van der Waals surface area contributed by atoms with Crippen LogP contribution < -0.4 is 16.6 Å². The third-order valence-corrected chi connectivity index (χ3v) is 4.09. The number of fused-ring (bicyclic) bond motifs is 1. The first kappa shape index (κ1) is 17.9. The van der Waals surface area contributed by atoms with Crippen molar-refractivity contribution >= 4 is 22.6 Å². The Balaban J connectivity index is 2.72. The minimum absolute atomic E-state index is 0.127. The predicted molar refractivity (Wildman–Crippen MR) is 94.4 cm³/mol. The number of pyridine rings is 1. The van der Waals surface area contributed by atoms with Gasteiger partial charge in [0.25, 0.3) is 5.56 Å². The van der Waals surface area contributed by atoms with Crippen LogP contribution in [-0.2, 0) is 25.3 Å². The van der Waals surface area contributed by atoms with Crippen molar-refractivity contribution < 1.29 is 4.79 Å². The highest BCUT2D eigenvalue weighted by atomic mass is 16.2. The molecule has 2 aromatic rings. The fourth-order valence-electron chi connectivity index (χ4n) is 2.71. The Labute approximate surface area is 140 Å². The van der Waals surface area contributed by atoms with Crippen LogP contribution in [0.2, 0.25) is 0 Å². The molecule has 1 amide bonds. The molecule has 0 spiro atoms. The van der Waals surface area contributed by atoms with Crippen molar-refractivity contribution in [2.45, 2.75) is 46.0 Å². The molecule has 0 bridgehead atoms. The third kappa shape index (κ3) is 3.25. The largest absolute Gasteiger partial charge is 0.332 e. The summed E-state index contributed by atoms with van der Waals surface area (Å²) in [6.45, 7) is 4.04. The molecule has 0 aliphatic carbocycles. The van der Waals surface area contributed by atoms with Crippen molar-refractivity contribution in [3.63, 3.8) is 0 Å². The monoisotopic (exact) mass is 332 g/mol. The van der Waals surface area contributed by atoms with Gasteiger partial charge in [0.05, 0.1) is 5.69 Å². The highest BCUT2D eigenvalue weighted by Gasteiger charge is 2.18. The summed E-state index contributed by atoms with van der Waals surface area (Å²) in [4.78, 5) is 41.2. The van der Waals surface area contributed by atoms with E-state index < -0.39 is 11.2 Å². The van der Waals surface area contributed by atoms with E-state index in [1.807, 2.05) is 13.8 Å². The Morgan fingerprint density at radius 3 is 2.50 bits per heavy atom. The Bertz CT molecular complexity index is 880. The van der Waals surface area contributed by atoms with Crippen molar-refractivity contribution in [2.75, 3.05) is 5.32 Å². The Hall–Kier alpha value is -2.44. The molecule has 0 saturated heterocycles. The molecule has 0 atom stereocenters. The van der Waals surface area contributed by atoms with E-state index in [1.54, 1.807) is 13.2 Å². The summed E-state index contributed by atoms with van der Waals surface area (Å²) < 4.78 is 2.37. The molecule has 130 valence electrons. The van der Waals surface area contributed by atoms with Crippen molar-refractivity contribution in [1.29, 1.82) is 0 Å². The first-order valence-electron chi connectivity index (χ1n) is 8.29. The van der Waals surface area contributed by atoms with Crippen molar-refractivity contribution in [1.82, 2.24) is 14.1 Å². The first-order chi connectivity index (χ1) is 11.4. The second-order valence-corrected chi connectivity index (χ2v) is 5.96. The number of anilines is 1. The lowest BCUT2D eigenvalue weighted by molar-refractivity contribution is -0.116. The number of hydrogen-bond acceptors (Lipinski definition) is 4. The number of nitrogens with one attached hydrogen (secondary N) is 1. The van der Waals surface area contributed by atoms with Crippen LogP contribution in [0.25, 0.3) is 11.0 Å². The molecule has 2 rings (SSSR count). The normalized spacial score (nSPS) is 11.0. The van der Waals surface area contributed by atoms with Gasteiger partial charge in [-0.3, -0.25) is 18.7 Å². The van der Waals surface area contributed by atoms with E-state index in [1.165, 1.54) is 11.6 Å². The minimum Gasteiger partial charge on any atom is -0.325 e. The molecule has 0 saturated carbocycles. The zero-order valence-corrected chi connectivity index (χ0v) is 14.7. The van der Waals surface area contributed by atoms with Crippen LogP contribution in [-0.4, -0.2) is 20.0 Å². The van der Waals surface area contributed by atoms with Crippen LogP contribution in [0.3, 0.4) is 0 Å². The fourth-order valence-corrected chi connectivity index (χ4v) is 2.71. The van der Waals surface area contributed by atoms with E-state index in [0.29, 0.717) is 18.5 Å². The molecule has 0 fully saturated rings. The van der Waals surface area contributed by atoms with Crippen LogP contribution in [0, 0.1) is 0 Å². The number of carbonyl (C=O) groups is 1. The molecule has 7 heteroatoms. The molecule has 0 aromatic carbocycles. The van der Waals surface area contributed by atoms with Gasteiger partial charge >= 0.3 is 5.69 Å². The highest BCUT2D eigenvalue weighted by molar-refractivity contribution is 6.01. The van der Waals surface area contributed by atoms with Gasteiger partial charge < -0.3 is 5.32 Å². The Morgan fingerprint density at radius 1 is 1.17 bits per heavy atom. The van der Waals surface area contributed by atoms with Gasteiger partial charge in [0.15, 0.2) is 5.65 Å². The number of hydrogen-bond donors (Lipinski definition) is 1. The fraction of sp³-hybridized carbons (Fsp3) is 0.529. The van der Waals surface area contributed by atoms with E-state index in [-0.39, 0.29) is 16.9 Å². The molecule has 0 radical (unpaired) electrons. The van der Waals surface area contributed by atoms with Gasteiger partial charge in [-0.2, -0.15) is 0 Å². The highest BCUT2D eigenvalue weighted by Crippen LogP contribution is 2.24. The quantitative estimate of drug-likeness (QED) is 0.872. The van der Waals surface area contributed by atoms with Gasteiger partial charge in [-0.15, -0.1) is 0 Å². The number of aryl methyl sites for hydroxylation is 2. The molecule has 0 aliphatic rings. The molecule has 7 nitrogen and oxygen atoms in total. The van der Waals surface area contributed by atoms with Gasteiger partial charge in [-0.25, -0.2) is 9.78 Å². The zero-order valence-electron chi connectivity index (χ0n) is 14.7. The zero-order chi connectivity index (χ0) is 17.9. The molecule has 0 aliphatic heterocycles. The standard InChI is InChI=1S/C17H24N4O3/c1-5-7-9-12(22)19-14-11(8-6-2)10-18-15-13(14)16(23)21(4)17(24)20(15)3/h10H,5-9H2,1-4H3,(H,18,19,22). The maximum absolute atomic E-state index is 12.6. The van der Waals surface area contributed by atoms with Gasteiger partial charge in [-0.05, 0) is 18.4 Å². The molecule has 24 heavy (non-hydrogen) atoms. The summed E-state index contributed by atoms with van der Waals surface area (Å²) in [6, 6.07) is 0. The third-order valence-electron chi connectivity index (χ3n) is 4.09. The lowest BCUT2D eigenvalue weighted by atomic mass is 10.1. The van der Waals surface area contributed by atoms with E-state index >= 15 is 0 Å². The average Bonchev–Trinajstić information content (AvgIpc) is 2.57. The van der Waals surface area contributed by atoms with Crippen LogP contribution in [0.5, 0.6) is 0 Å². The molecule has 2 aromatic heterocycles. The van der Waals surface area contributed by atoms with Crippen LogP contribution >= 0.6 is 0 Å². The SMILES string of the molecule is CCCCC(=O)Nc1c(CCC)cnc2c1c(=O)n(C)c(=O)n2C. The van der Waals surface area contributed by atoms with Crippen LogP contribution in [0.1, 0.15) is 45.1 Å². The maximum atomic E-state index is 12.6. The molecular weight excluding hydrogens is 308 g/mol. The van der Waals surface area contributed by atoms with Gasteiger partial charge in [-0.1, -0.05) is 26.7 Å². The maximum Gasteiger partial charge on any atom is 0.332 e. The summed E-state index contributed by atoms with van der Waals surface area (Å²) in [5, 5.41) is 3.17. The average molecular weight is 332 g/mol. The lowest BCUT2D eigenvalue weighted by Crippen LogP contribution is -2.38. The minimum atomic E-state index is -0.440. The Morgan fingerprint density at radius 2 is 1.88 bits per heavy atom. The smallest absolute Gasteiger partial charge is 0.325 e. The topological polar surface area (TPSA) is 86.0 Å². The lowest BCUT2D eigenvalue weighted by Gasteiger charge is -2.15. The van der Waals surface area contributed by atoms with Crippen molar-refractivity contribution in [2.24, 2.45) is 14.1 Å². The summed E-state index contributed by atoms with van der Waals surface area (Å²) in [5.74, 6) is -0.127. The van der Waals surface area contributed by atoms with Gasteiger partial charge in [0.1, 0.15) is 5.39 Å². The van der Waals surface area contributed by atoms with Gasteiger partial charge in [0, 0.05) is 26.7 Å². The summed E-state index contributed by atoms with van der Waals surface area (Å²) in [5.41, 5.74) is 0.703. The summed E-state index contributed by atoms with van der Waals surface area (Å²) >= 11 is 0. The van der Waals surface area contributed by atoms with Crippen LogP contribution in [0.15, 0.2) is 15.8 Å². The molecular formula is C17H24N4O3. The second-order valence-electron chi connectivity index (χ2n) is 5.96.